The highest BCUT2D eigenvalue weighted by Crippen LogP contribution is 2.38. The Labute approximate surface area is 155 Å². The number of primary sulfonamides is 1. The van der Waals surface area contributed by atoms with Crippen molar-refractivity contribution in [1.82, 2.24) is 4.98 Å². The summed E-state index contributed by atoms with van der Waals surface area (Å²) in [6, 6.07) is 0. The van der Waals surface area contributed by atoms with Crippen LogP contribution in [0.5, 0.6) is 5.06 Å². The Balaban J connectivity index is 2.37. The highest BCUT2D eigenvalue weighted by Gasteiger charge is 2.28. The second-order valence-corrected chi connectivity index (χ2v) is 9.64. The summed E-state index contributed by atoms with van der Waals surface area (Å²) in [5, 5.41) is 8.43. The first-order valence-electron chi connectivity index (χ1n) is 6.44. The van der Waals surface area contributed by atoms with Gasteiger partial charge in [-0.2, -0.15) is 0 Å². The van der Waals surface area contributed by atoms with Crippen LogP contribution in [0.1, 0.15) is 15.9 Å². The van der Waals surface area contributed by atoms with Crippen LogP contribution in [0, 0.1) is 6.92 Å². The molecule has 0 aliphatic rings. The third-order valence-corrected chi connectivity index (χ3v) is 6.83. The first-order chi connectivity index (χ1) is 11.2. The van der Waals surface area contributed by atoms with E-state index in [1.54, 1.807) is 6.92 Å². The van der Waals surface area contributed by atoms with Gasteiger partial charge in [-0.25, -0.2) is 18.5 Å². The van der Waals surface area contributed by atoms with Crippen LogP contribution in [-0.4, -0.2) is 39.6 Å². The monoisotopic (exact) mass is 455 g/mol. The van der Waals surface area contributed by atoms with Crippen LogP contribution in [0.2, 0.25) is 0 Å². The van der Waals surface area contributed by atoms with E-state index in [4.69, 9.17) is 14.6 Å². The van der Waals surface area contributed by atoms with Gasteiger partial charge in [-0.15, -0.1) is 0 Å². The molecule has 2 aromatic heterocycles. The summed E-state index contributed by atoms with van der Waals surface area (Å²) in [7, 11) is -2.56. The number of amides is 1. The molecule has 2 rings (SSSR count). The van der Waals surface area contributed by atoms with Crippen LogP contribution in [-0.2, 0) is 14.8 Å². The van der Waals surface area contributed by atoms with Gasteiger partial charge >= 0.3 is 0 Å². The van der Waals surface area contributed by atoms with Crippen molar-refractivity contribution in [2.45, 2.75) is 11.1 Å². The molecule has 2 heterocycles. The predicted octanol–water partition coefficient (Wildman–Crippen LogP) is 2.20. The second-order valence-electron chi connectivity index (χ2n) is 4.49. The third kappa shape index (κ3) is 4.52. The van der Waals surface area contributed by atoms with Crippen LogP contribution in [0.15, 0.2) is 14.2 Å². The highest BCUT2D eigenvalue weighted by atomic mass is 79.9. The molecule has 0 atom stereocenters. The van der Waals surface area contributed by atoms with E-state index in [0.717, 1.165) is 15.1 Å². The van der Waals surface area contributed by atoms with Crippen LogP contribution in [0.3, 0.4) is 0 Å². The average molecular weight is 456 g/mol. The molecule has 1 amide bonds. The molecule has 0 saturated carbocycles. The SMILES string of the molecule is COCCOc1sc(S(N)(=O)=O)c(C(=O)Nc2ncc(Br)s2)c1C. The highest BCUT2D eigenvalue weighted by molar-refractivity contribution is 9.11. The third-order valence-electron chi connectivity index (χ3n) is 2.77. The number of nitrogens with one attached hydrogen (secondary N) is 1. The lowest BCUT2D eigenvalue weighted by Crippen LogP contribution is -2.19. The first kappa shape index (κ1) is 19.3. The Morgan fingerprint density at radius 2 is 2.12 bits per heavy atom. The van der Waals surface area contributed by atoms with Crippen molar-refractivity contribution in [3.8, 4) is 5.06 Å². The molecule has 0 aliphatic heterocycles. The Morgan fingerprint density at radius 1 is 1.42 bits per heavy atom. The molecule has 0 radical (unpaired) electrons. The van der Waals surface area contributed by atoms with Gasteiger partial charge < -0.3 is 9.47 Å². The van der Waals surface area contributed by atoms with Crippen molar-refractivity contribution in [3.63, 3.8) is 0 Å². The molecule has 0 spiro atoms. The smallest absolute Gasteiger partial charge is 0.260 e. The largest absolute Gasteiger partial charge is 0.481 e. The van der Waals surface area contributed by atoms with E-state index in [2.05, 4.69) is 26.2 Å². The molecule has 0 saturated heterocycles. The number of carbonyl (C=O) groups is 1. The fourth-order valence-electron chi connectivity index (χ4n) is 1.76. The summed E-state index contributed by atoms with van der Waals surface area (Å²) in [6.07, 6.45) is 1.53. The fraction of sp³-hybridized carbons (Fsp3) is 0.333. The van der Waals surface area contributed by atoms with E-state index in [1.165, 1.54) is 24.6 Å². The lowest BCUT2D eigenvalue weighted by atomic mass is 10.2. The van der Waals surface area contributed by atoms with Crippen molar-refractivity contribution in [2.75, 3.05) is 25.6 Å². The van der Waals surface area contributed by atoms with Crippen molar-refractivity contribution in [2.24, 2.45) is 5.14 Å². The Kier molecular flexibility index (Phi) is 6.33. The number of methoxy groups -OCH3 is 1. The van der Waals surface area contributed by atoms with Crippen molar-refractivity contribution < 1.29 is 22.7 Å². The number of hydrogen-bond donors (Lipinski definition) is 2. The number of aromatic nitrogens is 1. The summed E-state index contributed by atoms with van der Waals surface area (Å²) < 4.78 is 34.5. The Hall–Kier alpha value is -1.05. The molecule has 0 aromatic carbocycles. The van der Waals surface area contributed by atoms with Crippen molar-refractivity contribution >= 4 is 59.7 Å². The summed E-state index contributed by atoms with van der Waals surface area (Å²) in [5.74, 6) is -0.615. The van der Waals surface area contributed by atoms with Gasteiger partial charge in [0.05, 0.1) is 22.2 Å². The normalized spacial score (nSPS) is 11.5. The molecular formula is C12H14BrN3O5S3. The topological polar surface area (TPSA) is 121 Å². The molecule has 2 aromatic rings. The predicted molar refractivity (Wildman–Crippen MR) is 95.6 cm³/mol. The van der Waals surface area contributed by atoms with Crippen molar-refractivity contribution in [1.29, 1.82) is 0 Å². The number of anilines is 1. The van der Waals surface area contributed by atoms with Gasteiger partial charge in [-0.05, 0) is 22.9 Å². The lowest BCUT2D eigenvalue weighted by molar-refractivity contribution is 0.102. The number of thiophene rings is 1. The summed E-state index contributed by atoms with van der Waals surface area (Å²) >= 11 is 5.25. The molecule has 0 unspecified atom stereocenters. The zero-order valence-electron chi connectivity index (χ0n) is 12.7. The molecule has 0 aliphatic carbocycles. The maximum atomic E-state index is 12.5. The van der Waals surface area contributed by atoms with Gasteiger partial charge in [0.2, 0.25) is 10.0 Å². The zero-order valence-corrected chi connectivity index (χ0v) is 16.7. The van der Waals surface area contributed by atoms with Gasteiger partial charge in [0.25, 0.3) is 5.91 Å². The minimum atomic E-state index is -4.08. The number of nitrogens with zero attached hydrogens (tertiary/aromatic N) is 1. The number of halogens is 1. The maximum absolute atomic E-state index is 12.5. The number of rotatable bonds is 7. The Bertz CT molecular complexity index is 846. The number of ether oxygens (including phenoxy) is 2. The van der Waals surface area contributed by atoms with Gasteiger partial charge in [0, 0.05) is 12.7 Å². The maximum Gasteiger partial charge on any atom is 0.260 e. The minimum absolute atomic E-state index is 0.0405. The molecule has 8 nitrogen and oxygen atoms in total. The van der Waals surface area contributed by atoms with E-state index in [1.807, 2.05) is 0 Å². The molecule has 132 valence electrons. The van der Waals surface area contributed by atoms with Crippen LogP contribution in [0.4, 0.5) is 5.13 Å². The number of hydrogen-bond acceptors (Lipinski definition) is 8. The molecule has 0 fully saturated rings. The van der Waals surface area contributed by atoms with Crippen LogP contribution >= 0.6 is 38.6 Å². The standard InChI is InChI=1S/C12H14BrN3O5S3/c1-6-8(9(17)16-12-15-5-7(13)22-12)11(24(14,18)19)23-10(6)21-4-3-20-2/h5H,3-4H2,1-2H3,(H2,14,18,19)(H,15,16,17). The average Bonchev–Trinajstić information content (AvgIpc) is 3.03. The molecule has 0 bridgehead atoms. The van der Waals surface area contributed by atoms with E-state index in [-0.39, 0.29) is 16.4 Å². The lowest BCUT2D eigenvalue weighted by Gasteiger charge is -2.05. The van der Waals surface area contributed by atoms with E-state index >= 15 is 0 Å². The summed E-state index contributed by atoms with van der Waals surface area (Å²) in [5.41, 5.74) is 0.356. The second kappa shape index (κ2) is 7.89. The molecule has 12 heteroatoms. The number of nitrogens with two attached hydrogens (primary N) is 1. The van der Waals surface area contributed by atoms with Crippen molar-refractivity contribution in [3.05, 3.63) is 21.1 Å². The summed E-state index contributed by atoms with van der Waals surface area (Å²) in [6.45, 7) is 2.15. The molecule has 3 N–H and O–H groups in total. The number of thiazole rings is 1. The summed E-state index contributed by atoms with van der Waals surface area (Å²) in [4.78, 5) is 16.5. The quantitative estimate of drug-likeness (QED) is 0.617. The molecule has 24 heavy (non-hydrogen) atoms. The van der Waals surface area contributed by atoms with Gasteiger partial charge in [0.1, 0.15) is 6.61 Å². The fourth-order valence-corrected chi connectivity index (χ4v) is 4.99. The minimum Gasteiger partial charge on any atom is -0.481 e. The zero-order chi connectivity index (χ0) is 17.9. The number of carbonyl (C=O) groups excluding carboxylic acids is 1. The van der Waals surface area contributed by atoms with Crippen LogP contribution < -0.4 is 15.2 Å². The van der Waals surface area contributed by atoms with Gasteiger partial charge in [-0.1, -0.05) is 22.7 Å². The van der Waals surface area contributed by atoms with Gasteiger partial charge in [-0.3, -0.25) is 10.1 Å². The number of sulfonamides is 1. The van der Waals surface area contributed by atoms with Gasteiger partial charge in [0.15, 0.2) is 14.4 Å². The van der Waals surface area contributed by atoms with E-state index in [9.17, 15) is 13.2 Å². The first-order valence-corrected chi connectivity index (χ1v) is 10.4. The Morgan fingerprint density at radius 3 is 2.67 bits per heavy atom. The van der Waals surface area contributed by atoms with Crippen LogP contribution in [0.25, 0.3) is 0 Å². The van der Waals surface area contributed by atoms with E-state index < -0.39 is 15.9 Å². The van der Waals surface area contributed by atoms with E-state index in [0.29, 0.717) is 22.4 Å². The molecular weight excluding hydrogens is 442 g/mol.